The first-order valence-corrected chi connectivity index (χ1v) is 19.6. The van der Waals surface area contributed by atoms with Crippen LogP contribution in [-0.4, -0.2) is 73.3 Å². The molecule has 0 amide bonds. The fraction of sp³-hybridized carbons (Fsp3) is 0.870. The van der Waals surface area contributed by atoms with Gasteiger partial charge in [-0.3, -0.25) is 14.4 Å². The Kier molecular flexibility index (Phi) is 21.1. The van der Waals surface area contributed by atoms with Gasteiger partial charge in [-0.1, -0.05) is 58.4 Å². The van der Waals surface area contributed by atoms with Crippen molar-refractivity contribution in [3.05, 3.63) is 12.7 Å². The van der Waals surface area contributed by atoms with Gasteiger partial charge in [0.2, 0.25) is 6.10 Å². The van der Waals surface area contributed by atoms with Crippen LogP contribution in [0.1, 0.15) is 202 Å². The molecule has 340 valence electrons. The van der Waals surface area contributed by atoms with Gasteiger partial charge < -0.3 is 24.1 Å². The van der Waals surface area contributed by atoms with E-state index in [1.807, 2.05) is 53.1 Å². The van der Waals surface area contributed by atoms with Crippen molar-refractivity contribution in [1.29, 1.82) is 0 Å². The van der Waals surface area contributed by atoms with E-state index in [4.69, 9.17) is 18.9 Å². The molecule has 1 aliphatic heterocycles. The summed E-state index contributed by atoms with van der Waals surface area (Å²) in [6.07, 6.45) is 10.8. The zero-order valence-corrected chi connectivity index (χ0v) is 32.8. The Morgan fingerprint density at radius 1 is 0.845 bits per heavy atom. The van der Waals surface area contributed by atoms with Crippen LogP contribution in [0.25, 0.3) is 0 Å². The maximum absolute atomic E-state index is 14.2. The number of carbonyl (C=O) groups excluding carboxylic acids is 4. The third-order valence-electron chi connectivity index (χ3n) is 12.8. The first-order chi connectivity index (χ1) is 24.2. The van der Waals surface area contributed by atoms with Crippen LogP contribution in [-0.2, 0) is 38.1 Å². The Hall–Kier alpha value is -3.02. The highest BCUT2D eigenvalue weighted by molar-refractivity contribution is 5.83. The maximum Gasteiger partial charge on any atom is 0.347 e. The molecule has 1 aromatic heterocycles. The van der Waals surface area contributed by atoms with E-state index in [-0.39, 0.29) is 88.4 Å². The number of hydrogen-bond donors (Lipinski definition) is 1. The normalized spacial score (nSPS) is 27.6. The minimum atomic E-state index is -1.14. The molecule has 4 saturated carbocycles. The second-order valence-corrected chi connectivity index (χ2v) is 18.6. The zero-order valence-electron chi connectivity index (χ0n) is 32.8. The number of hydrogen-bond acceptors (Lipinski definition) is 11. The molecule has 7 unspecified atom stereocenters. The molecule has 2 heterocycles. The van der Waals surface area contributed by atoms with Gasteiger partial charge in [-0.25, -0.2) is 14.5 Å². The topological polar surface area (TPSA) is 156 Å². The predicted octanol–water partition coefficient (Wildman–Crippen LogP) is 10.6. The minimum absolute atomic E-state index is 0. The number of carbonyl (C=O) groups is 4. The Bertz CT molecular complexity index is 1440. The van der Waals surface area contributed by atoms with E-state index in [1.54, 1.807) is 6.33 Å². The van der Waals surface area contributed by atoms with Crippen LogP contribution in [0, 0.1) is 28.1 Å². The van der Waals surface area contributed by atoms with Crippen molar-refractivity contribution in [2.75, 3.05) is 6.61 Å². The Morgan fingerprint density at radius 3 is 1.84 bits per heavy atom. The molecule has 4 bridgehead atoms. The lowest BCUT2D eigenvalue weighted by Crippen LogP contribution is -2.61. The molecule has 12 heteroatoms. The fourth-order valence-corrected chi connectivity index (χ4v) is 9.43. The van der Waals surface area contributed by atoms with Crippen LogP contribution in [0.2, 0.25) is 0 Å². The standard InChI is InChI=1S/C40H63N3O9.6CH4/c1-9-29(43-26-41-25-42-43)11-13-37(7,34(47)51-35(3,4)5)16-17-38(8,32(45)50-30-12-18-49-31(30)44)15-14-36(6,10-2)33(46)52-40-22-27-19-28(23-40)21-39(48,20-27)24-40;;;;;;/h25-30,48H,9-24H2,1-8H3;6*1H4. The first-order valence-electron chi connectivity index (χ1n) is 19.6. The summed E-state index contributed by atoms with van der Waals surface area (Å²) in [6.45, 7) is 15.3. The molecular formula is C46H87N3O9. The number of nitrogens with zero attached hydrogens (tertiary/aromatic N) is 3. The summed E-state index contributed by atoms with van der Waals surface area (Å²) < 4.78 is 25.1. The quantitative estimate of drug-likeness (QED) is 0.118. The molecule has 12 nitrogen and oxygen atoms in total. The minimum Gasteiger partial charge on any atom is -0.463 e. The van der Waals surface area contributed by atoms with E-state index >= 15 is 0 Å². The smallest absolute Gasteiger partial charge is 0.347 e. The van der Waals surface area contributed by atoms with Crippen molar-refractivity contribution in [2.24, 2.45) is 28.1 Å². The number of aliphatic hydroxyl groups is 1. The van der Waals surface area contributed by atoms with Crippen LogP contribution in [0.5, 0.6) is 0 Å². The Labute approximate surface area is 353 Å². The number of esters is 4. The van der Waals surface area contributed by atoms with Gasteiger partial charge in [-0.2, -0.15) is 5.10 Å². The van der Waals surface area contributed by atoms with E-state index < -0.39 is 51.1 Å². The summed E-state index contributed by atoms with van der Waals surface area (Å²) in [6, 6.07) is 0.0277. The summed E-state index contributed by atoms with van der Waals surface area (Å²) in [7, 11) is 0. The summed E-state index contributed by atoms with van der Waals surface area (Å²) >= 11 is 0. The van der Waals surface area contributed by atoms with Gasteiger partial charge in [0.25, 0.3) is 0 Å². The molecule has 1 aromatic rings. The Morgan fingerprint density at radius 2 is 1.40 bits per heavy atom. The van der Waals surface area contributed by atoms with Crippen LogP contribution in [0.3, 0.4) is 0 Å². The molecule has 4 aliphatic carbocycles. The first kappa shape index (κ1) is 57.1. The van der Waals surface area contributed by atoms with E-state index in [0.717, 1.165) is 38.5 Å². The van der Waals surface area contributed by atoms with Gasteiger partial charge in [0.15, 0.2) is 0 Å². The highest BCUT2D eigenvalue weighted by Crippen LogP contribution is 2.59. The van der Waals surface area contributed by atoms with Gasteiger partial charge in [0, 0.05) is 12.8 Å². The van der Waals surface area contributed by atoms with Crippen molar-refractivity contribution in [3.63, 3.8) is 0 Å². The maximum atomic E-state index is 14.2. The SMILES string of the molecule is C.C.C.C.C.C.CCC(CCC(C)(CCC(C)(CCC(C)(CC)C(=O)OC12CC3CC(CC(O)(C3)C1)C2)C(=O)OC1CCOC1=O)C(=O)OC(C)(C)C)n1cncn1. The Balaban J connectivity index is 0. The largest absolute Gasteiger partial charge is 0.463 e. The van der Waals surface area contributed by atoms with Crippen molar-refractivity contribution < 1.29 is 43.2 Å². The van der Waals surface area contributed by atoms with Crippen LogP contribution < -0.4 is 0 Å². The molecular weight excluding hydrogens is 739 g/mol. The summed E-state index contributed by atoms with van der Waals surface area (Å²) in [5.41, 5.74) is -5.12. The van der Waals surface area contributed by atoms with Crippen LogP contribution >= 0.6 is 0 Å². The van der Waals surface area contributed by atoms with Crippen molar-refractivity contribution in [1.82, 2.24) is 14.8 Å². The lowest BCUT2D eigenvalue weighted by molar-refractivity contribution is -0.226. The molecule has 0 aromatic carbocycles. The van der Waals surface area contributed by atoms with Gasteiger partial charge >= 0.3 is 23.9 Å². The zero-order chi connectivity index (χ0) is 38.2. The number of cyclic esters (lactones) is 1. The lowest BCUT2D eigenvalue weighted by Gasteiger charge is -2.59. The summed E-state index contributed by atoms with van der Waals surface area (Å²) in [5.74, 6) is -1.01. The van der Waals surface area contributed by atoms with Crippen LogP contribution in [0.4, 0.5) is 0 Å². The highest BCUT2D eigenvalue weighted by atomic mass is 16.6. The van der Waals surface area contributed by atoms with E-state index in [9.17, 15) is 24.3 Å². The highest BCUT2D eigenvalue weighted by Gasteiger charge is 2.60. The molecule has 1 N–H and O–H groups in total. The van der Waals surface area contributed by atoms with Crippen molar-refractivity contribution >= 4 is 23.9 Å². The monoisotopic (exact) mass is 826 g/mol. The van der Waals surface area contributed by atoms with E-state index in [2.05, 4.69) is 17.0 Å². The molecule has 5 aliphatic rings. The molecule has 1 saturated heterocycles. The van der Waals surface area contributed by atoms with Gasteiger partial charge in [0.1, 0.15) is 23.9 Å². The molecule has 7 atom stereocenters. The second kappa shape index (κ2) is 21.5. The van der Waals surface area contributed by atoms with E-state index in [1.165, 1.54) is 6.33 Å². The lowest BCUT2D eigenvalue weighted by atomic mass is 9.52. The number of rotatable bonds is 17. The number of aromatic nitrogens is 3. The number of ether oxygens (including phenoxy) is 4. The second-order valence-electron chi connectivity index (χ2n) is 18.6. The van der Waals surface area contributed by atoms with Crippen molar-refractivity contribution in [2.45, 2.75) is 225 Å². The average molecular weight is 826 g/mol. The average Bonchev–Trinajstić information content (AvgIpc) is 3.73. The molecule has 0 spiro atoms. The van der Waals surface area contributed by atoms with Gasteiger partial charge in [0.05, 0.1) is 34.5 Å². The van der Waals surface area contributed by atoms with Gasteiger partial charge in [-0.05, 0) is 137 Å². The van der Waals surface area contributed by atoms with Gasteiger partial charge in [-0.15, -0.1) is 0 Å². The molecule has 5 fully saturated rings. The molecule has 58 heavy (non-hydrogen) atoms. The third kappa shape index (κ3) is 13.0. The molecule has 6 rings (SSSR count). The predicted molar refractivity (Wildman–Crippen MR) is 232 cm³/mol. The summed E-state index contributed by atoms with van der Waals surface area (Å²) in [5, 5.41) is 15.6. The van der Waals surface area contributed by atoms with Crippen molar-refractivity contribution in [3.8, 4) is 0 Å². The third-order valence-corrected chi connectivity index (χ3v) is 12.8. The summed E-state index contributed by atoms with van der Waals surface area (Å²) in [4.78, 5) is 58.7. The van der Waals surface area contributed by atoms with Crippen LogP contribution in [0.15, 0.2) is 12.7 Å². The van der Waals surface area contributed by atoms with E-state index in [0.29, 0.717) is 50.4 Å². The molecule has 0 radical (unpaired) electrons. The fourth-order valence-electron chi connectivity index (χ4n) is 9.43.